The van der Waals surface area contributed by atoms with Gasteiger partial charge in [-0.2, -0.15) is 0 Å². The first-order valence-electron chi connectivity index (χ1n) is 4.74. The highest BCUT2D eigenvalue weighted by Crippen LogP contribution is 2.26. The zero-order valence-corrected chi connectivity index (χ0v) is 10.2. The summed E-state index contributed by atoms with van der Waals surface area (Å²) in [4.78, 5) is 12.8. The van der Waals surface area contributed by atoms with Crippen LogP contribution < -0.4 is 5.73 Å². The van der Waals surface area contributed by atoms with Gasteiger partial charge in [0.2, 0.25) is 5.78 Å². The van der Waals surface area contributed by atoms with Gasteiger partial charge in [-0.15, -0.1) is 11.3 Å². The maximum atomic E-state index is 12.1. The molecule has 2 N–H and O–H groups in total. The van der Waals surface area contributed by atoms with Crippen LogP contribution in [0, 0.1) is 6.92 Å². The Balaban J connectivity index is 2.45. The summed E-state index contributed by atoms with van der Waals surface area (Å²) in [6.45, 7) is 1.85. The van der Waals surface area contributed by atoms with Crippen molar-refractivity contribution in [1.29, 1.82) is 0 Å². The molecule has 4 heteroatoms. The number of hydrogen-bond acceptors (Lipinski definition) is 3. The van der Waals surface area contributed by atoms with Crippen LogP contribution in [0.15, 0.2) is 30.3 Å². The molecule has 0 atom stereocenters. The molecular formula is C12H10ClNOS. The van der Waals surface area contributed by atoms with Crippen LogP contribution >= 0.6 is 22.9 Å². The summed E-state index contributed by atoms with van der Waals surface area (Å²) in [5, 5.41) is 0. The molecular weight excluding hydrogens is 242 g/mol. The molecule has 0 fully saturated rings. The number of nitrogen functional groups attached to an aromatic ring is 1. The number of benzene rings is 1. The van der Waals surface area contributed by atoms with Crippen molar-refractivity contribution < 1.29 is 4.79 Å². The Morgan fingerprint density at radius 3 is 2.69 bits per heavy atom. The molecule has 0 saturated heterocycles. The van der Waals surface area contributed by atoms with E-state index in [2.05, 4.69) is 0 Å². The molecule has 0 unspecified atom stereocenters. The Bertz CT molecular complexity index is 548. The van der Waals surface area contributed by atoms with Gasteiger partial charge in [0.05, 0.1) is 9.21 Å². The molecule has 82 valence electrons. The van der Waals surface area contributed by atoms with Gasteiger partial charge in [0.1, 0.15) is 0 Å². The number of nitrogens with two attached hydrogens (primary N) is 1. The Hall–Kier alpha value is -1.32. The normalized spacial score (nSPS) is 10.4. The quantitative estimate of drug-likeness (QED) is 0.656. The minimum Gasteiger partial charge on any atom is -0.398 e. The first-order valence-corrected chi connectivity index (χ1v) is 5.94. The Labute approximate surface area is 103 Å². The Morgan fingerprint density at radius 1 is 1.31 bits per heavy atom. The van der Waals surface area contributed by atoms with Crippen molar-refractivity contribution in [2.24, 2.45) is 0 Å². The molecule has 0 spiro atoms. The number of hydrogen-bond donors (Lipinski definition) is 1. The average Bonchev–Trinajstić information content (AvgIpc) is 2.68. The Morgan fingerprint density at radius 2 is 2.06 bits per heavy atom. The third-order valence-corrected chi connectivity index (χ3v) is 3.65. The number of halogens is 1. The van der Waals surface area contributed by atoms with Gasteiger partial charge in [0.15, 0.2) is 0 Å². The van der Waals surface area contributed by atoms with Gasteiger partial charge in [-0.3, -0.25) is 4.79 Å². The van der Waals surface area contributed by atoms with Gasteiger partial charge < -0.3 is 5.73 Å². The van der Waals surface area contributed by atoms with Crippen LogP contribution in [0.2, 0.25) is 4.34 Å². The van der Waals surface area contributed by atoms with Crippen LogP contribution in [-0.4, -0.2) is 5.78 Å². The van der Waals surface area contributed by atoms with Crippen LogP contribution in [0.25, 0.3) is 0 Å². The molecule has 0 bridgehead atoms. The molecule has 16 heavy (non-hydrogen) atoms. The molecule has 0 aliphatic heterocycles. The van der Waals surface area contributed by atoms with Crippen molar-refractivity contribution in [2.45, 2.75) is 6.92 Å². The monoisotopic (exact) mass is 251 g/mol. The van der Waals surface area contributed by atoms with Crippen LogP contribution in [0.5, 0.6) is 0 Å². The predicted molar refractivity (Wildman–Crippen MR) is 68.4 cm³/mol. The van der Waals surface area contributed by atoms with Crippen molar-refractivity contribution in [3.63, 3.8) is 0 Å². The largest absolute Gasteiger partial charge is 0.398 e. The fourth-order valence-electron chi connectivity index (χ4n) is 1.47. The fraction of sp³-hybridized carbons (Fsp3) is 0.0833. The second kappa shape index (κ2) is 4.28. The van der Waals surface area contributed by atoms with E-state index < -0.39 is 0 Å². The highest BCUT2D eigenvalue weighted by Gasteiger charge is 2.14. The van der Waals surface area contributed by atoms with Crippen molar-refractivity contribution in [2.75, 3.05) is 5.73 Å². The third kappa shape index (κ3) is 1.96. The highest BCUT2D eigenvalue weighted by molar-refractivity contribution is 7.18. The first kappa shape index (κ1) is 11.2. The SMILES string of the molecule is Cc1c(N)cccc1C(=O)c1ccc(Cl)s1. The van der Waals surface area contributed by atoms with Crippen molar-refractivity contribution in [3.05, 3.63) is 50.7 Å². The summed E-state index contributed by atoms with van der Waals surface area (Å²) >= 11 is 7.08. The van der Waals surface area contributed by atoms with E-state index in [1.807, 2.05) is 6.92 Å². The first-order chi connectivity index (χ1) is 7.59. The lowest BCUT2D eigenvalue weighted by atomic mass is 10.0. The standard InChI is InChI=1S/C12H10ClNOS/c1-7-8(3-2-4-9(7)14)12(15)10-5-6-11(13)16-10/h2-6H,14H2,1H3. The molecule has 0 saturated carbocycles. The van der Waals surface area contributed by atoms with Crippen LogP contribution in [0.4, 0.5) is 5.69 Å². The molecule has 0 radical (unpaired) electrons. The average molecular weight is 252 g/mol. The smallest absolute Gasteiger partial charge is 0.203 e. The molecule has 2 rings (SSSR count). The zero-order valence-electron chi connectivity index (χ0n) is 8.66. The van der Waals surface area contributed by atoms with E-state index in [0.29, 0.717) is 20.5 Å². The second-order valence-corrected chi connectivity index (χ2v) is 5.17. The Kier molecular flexibility index (Phi) is 2.99. The summed E-state index contributed by atoms with van der Waals surface area (Å²) in [5.74, 6) is -0.0262. The minimum atomic E-state index is -0.0262. The molecule has 2 aromatic rings. The number of carbonyl (C=O) groups excluding carboxylic acids is 1. The van der Waals surface area contributed by atoms with Crippen molar-refractivity contribution in [3.8, 4) is 0 Å². The number of rotatable bonds is 2. The number of carbonyl (C=O) groups is 1. The van der Waals surface area contributed by atoms with E-state index in [4.69, 9.17) is 17.3 Å². The highest BCUT2D eigenvalue weighted by atomic mass is 35.5. The van der Waals surface area contributed by atoms with E-state index in [9.17, 15) is 4.79 Å². The molecule has 1 aromatic heterocycles. The fourth-order valence-corrected chi connectivity index (χ4v) is 2.47. The van der Waals surface area contributed by atoms with Gasteiger partial charge in [-0.05, 0) is 30.7 Å². The molecule has 0 amide bonds. The van der Waals surface area contributed by atoms with Gasteiger partial charge in [-0.25, -0.2) is 0 Å². The van der Waals surface area contributed by atoms with Crippen molar-refractivity contribution in [1.82, 2.24) is 0 Å². The minimum absolute atomic E-state index is 0.0262. The molecule has 0 aliphatic rings. The van der Waals surface area contributed by atoms with E-state index in [1.54, 1.807) is 30.3 Å². The van der Waals surface area contributed by atoms with Gasteiger partial charge >= 0.3 is 0 Å². The summed E-state index contributed by atoms with van der Waals surface area (Å²) < 4.78 is 0.616. The second-order valence-electron chi connectivity index (χ2n) is 3.45. The third-order valence-electron chi connectivity index (χ3n) is 2.42. The zero-order chi connectivity index (χ0) is 11.7. The molecule has 1 heterocycles. The predicted octanol–water partition coefficient (Wildman–Crippen LogP) is 3.52. The van der Waals surface area contributed by atoms with E-state index in [-0.39, 0.29) is 5.78 Å². The lowest BCUT2D eigenvalue weighted by Crippen LogP contribution is -2.03. The molecule has 0 aliphatic carbocycles. The van der Waals surface area contributed by atoms with Crippen LogP contribution in [0.3, 0.4) is 0 Å². The lowest BCUT2D eigenvalue weighted by molar-refractivity contribution is 0.104. The van der Waals surface area contributed by atoms with E-state index in [1.165, 1.54) is 11.3 Å². The number of anilines is 1. The number of ketones is 1. The van der Waals surface area contributed by atoms with Crippen LogP contribution in [-0.2, 0) is 0 Å². The van der Waals surface area contributed by atoms with Crippen molar-refractivity contribution >= 4 is 34.4 Å². The van der Waals surface area contributed by atoms with E-state index >= 15 is 0 Å². The maximum absolute atomic E-state index is 12.1. The van der Waals surface area contributed by atoms with Crippen LogP contribution in [0.1, 0.15) is 20.8 Å². The van der Waals surface area contributed by atoms with E-state index in [0.717, 1.165) is 5.56 Å². The summed E-state index contributed by atoms with van der Waals surface area (Å²) in [6, 6.07) is 8.80. The number of thiophene rings is 1. The summed E-state index contributed by atoms with van der Waals surface area (Å²) in [7, 11) is 0. The lowest BCUT2D eigenvalue weighted by Gasteiger charge is -2.05. The summed E-state index contributed by atoms with van der Waals surface area (Å²) in [6.07, 6.45) is 0. The van der Waals surface area contributed by atoms with Gasteiger partial charge in [-0.1, -0.05) is 23.7 Å². The van der Waals surface area contributed by atoms with Gasteiger partial charge in [0, 0.05) is 11.3 Å². The molecule has 2 nitrogen and oxygen atoms in total. The molecule has 1 aromatic carbocycles. The topological polar surface area (TPSA) is 43.1 Å². The maximum Gasteiger partial charge on any atom is 0.203 e. The van der Waals surface area contributed by atoms with Gasteiger partial charge in [0.25, 0.3) is 0 Å². The summed E-state index contributed by atoms with van der Waals surface area (Å²) in [5.41, 5.74) is 7.85.